The van der Waals surface area contributed by atoms with Crippen molar-refractivity contribution in [3.8, 4) is 0 Å². The van der Waals surface area contributed by atoms with E-state index in [2.05, 4.69) is 26.8 Å². The fraction of sp³-hybridized carbons (Fsp3) is 0.867. The number of hydrogen-bond donors (Lipinski definition) is 0. The molecule has 0 bridgehead atoms. The van der Waals surface area contributed by atoms with E-state index in [-0.39, 0.29) is 0 Å². The minimum absolute atomic E-state index is 0.931. The molecule has 0 aromatic heterocycles. The summed E-state index contributed by atoms with van der Waals surface area (Å²) in [5.41, 5.74) is 1.64. The largest absolute Gasteiger partial charge is 0.0822 e. The maximum absolute atomic E-state index is 2.57. The SMILES string of the molecule is CC.CC1=CC2CCC(C)C(C)C2CC1. The van der Waals surface area contributed by atoms with E-state index in [9.17, 15) is 0 Å². The van der Waals surface area contributed by atoms with E-state index >= 15 is 0 Å². The number of allylic oxidation sites excluding steroid dienone is 2. The molecule has 4 atom stereocenters. The molecule has 0 saturated heterocycles. The highest BCUT2D eigenvalue weighted by molar-refractivity contribution is 5.09. The first kappa shape index (κ1) is 12.8. The standard InChI is InChI=1S/C13H22.C2H6/c1-9-4-7-13-11(3)10(2)5-6-12(13)8-9;1-2/h8,10-13H,4-7H2,1-3H3;1-2H3. The lowest BCUT2D eigenvalue weighted by Crippen LogP contribution is -2.32. The van der Waals surface area contributed by atoms with Crippen molar-refractivity contribution in [1.82, 2.24) is 0 Å². The molecule has 4 unspecified atom stereocenters. The summed E-state index contributed by atoms with van der Waals surface area (Å²) in [5, 5.41) is 0. The van der Waals surface area contributed by atoms with Crippen molar-refractivity contribution in [2.24, 2.45) is 23.7 Å². The highest BCUT2D eigenvalue weighted by Gasteiger charge is 2.34. The maximum Gasteiger partial charge on any atom is -0.0200 e. The van der Waals surface area contributed by atoms with Gasteiger partial charge in [0.2, 0.25) is 0 Å². The monoisotopic (exact) mass is 208 g/mol. The van der Waals surface area contributed by atoms with Gasteiger partial charge < -0.3 is 0 Å². The van der Waals surface area contributed by atoms with Gasteiger partial charge in [0.25, 0.3) is 0 Å². The van der Waals surface area contributed by atoms with Gasteiger partial charge in [-0.2, -0.15) is 0 Å². The third-order valence-electron chi connectivity index (χ3n) is 4.45. The summed E-state index contributed by atoms with van der Waals surface area (Å²) in [4.78, 5) is 0. The maximum atomic E-state index is 2.57. The van der Waals surface area contributed by atoms with Gasteiger partial charge in [-0.3, -0.25) is 0 Å². The summed E-state index contributed by atoms with van der Waals surface area (Å²) in [6.45, 7) is 11.2. The Morgan fingerprint density at radius 2 is 1.73 bits per heavy atom. The van der Waals surface area contributed by atoms with Gasteiger partial charge in [-0.15, -0.1) is 0 Å². The molecule has 0 aliphatic heterocycles. The fourth-order valence-electron chi connectivity index (χ4n) is 3.27. The van der Waals surface area contributed by atoms with Crippen molar-refractivity contribution in [3.05, 3.63) is 11.6 Å². The zero-order valence-electron chi connectivity index (χ0n) is 11.2. The molecular formula is C15H28. The minimum atomic E-state index is 0.931. The topological polar surface area (TPSA) is 0 Å². The summed E-state index contributed by atoms with van der Waals surface area (Å²) in [6, 6.07) is 0. The summed E-state index contributed by atoms with van der Waals surface area (Å²) >= 11 is 0. The van der Waals surface area contributed by atoms with E-state index in [0.717, 1.165) is 23.7 Å². The molecule has 2 aliphatic rings. The molecule has 0 amide bonds. The Morgan fingerprint density at radius 1 is 1.07 bits per heavy atom. The van der Waals surface area contributed by atoms with Crippen LogP contribution in [0.1, 0.15) is 60.3 Å². The second-order valence-electron chi connectivity index (χ2n) is 5.29. The van der Waals surface area contributed by atoms with E-state index in [1.54, 1.807) is 5.57 Å². The molecular weight excluding hydrogens is 180 g/mol. The predicted molar refractivity (Wildman–Crippen MR) is 68.9 cm³/mol. The third kappa shape index (κ3) is 2.86. The van der Waals surface area contributed by atoms with E-state index < -0.39 is 0 Å². The van der Waals surface area contributed by atoms with Gasteiger partial charge in [-0.05, 0) is 56.3 Å². The van der Waals surface area contributed by atoms with Crippen LogP contribution in [0.25, 0.3) is 0 Å². The Hall–Kier alpha value is -0.260. The Balaban J connectivity index is 0.000000531. The van der Waals surface area contributed by atoms with Crippen molar-refractivity contribution < 1.29 is 0 Å². The van der Waals surface area contributed by atoms with Gasteiger partial charge in [0.15, 0.2) is 0 Å². The van der Waals surface area contributed by atoms with Crippen molar-refractivity contribution in [2.75, 3.05) is 0 Å². The van der Waals surface area contributed by atoms with E-state index in [1.165, 1.54) is 25.7 Å². The number of hydrogen-bond acceptors (Lipinski definition) is 0. The summed E-state index contributed by atoms with van der Waals surface area (Å²) in [5.74, 6) is 3.86. The summed E-state index contributed by atoms with van der Waals surface area (Å²) in [6.07, 6.45) is 8.28. The first-order chi connectivity index (χ1) is 7.18. The zero-order chi connectivity index (χ0) is 11.4. The van der Waals surface area contributed by atoms with Crippen molar-refractivity contribution in [2.45, 2.75) is 60.3 Å². The predicted octanol–water partition coefficient (Wildman–Crippen LogP) is 5.05. The first-order valence-corrected chi connectivity index (χ1v) is 6.86. The van der Waals surface area contributed by atoms with Gasteiger partial charge in [0.05, 0.1) is 0 Å². The Kier molecular flexibility index (Phi) is 4.89. The Bertz CT molecular complexity index is 214. The van der Waals surface area contributed by atoms with Crippen molar-refractivity contribution >= 4 is 0 Å². The molecule has 0 aromatic rings. The van der Waals surface area contributed by atoms with E-state index in [1.807, 2.05) is 13.8 Å². The second-order valence-corrected chi connectivity index (χ2v) is 5.29. The molecule has 1 saturated carbocycles. The van der Waals surface area contributed by atoms with Gasteiger partial charge in [0, 0.05) is 0 Å². The van der Waals surface area contributed by atoms with Gasteiger partial charge in [-0.1, -0.05) is 39.3 Å². The van der Waals surface area contributed by atoms with Gasteiger partial charge in [-0.25, -0.2) is 0 Å². The van der Waals surface area contributed by atoms with E-state index in [0.29, 0.717) is 0 Å². The molecule has 0 spiro atoms. The van der Waals surface area contributed by atoms with Crippen LogP contribution in [0.3, 0.4) is 0 Å². The second kappa shape index (κ2) is 5.72. The van der Waals surface area contributed by atoms with E-state index in [4.69, 9.17) is 0 Å². The molecule has 1 fully saturated rings. The lowest BCUT2D eigenvalue weighted by atomic mass is 9.64. The fourth-order valence-corrected chi connectivity index (χ4v) is 3.27. The van der Waals surface area contributed by atoms with Crippen molar-refractivity contribution in [1.29, 1.82) is 0 Å². The minimum Gasteiger partial charge on any atom is -0.0822 e. The Labute approximate surface area is 96.2 Å². The van der Waals surface area contributed by atoms with Crippen LogP contribution in [0.5, 0.6) is 0 Å². The highest BCUT2D eigenvalue weighted by atomic mass is 14.4. The van der Waals surface area contributed by atoms with Crippen LogP contribution in [0, 0.1) is 23.7 Å². The first-order valence-electron chi connectivity index (χ1n) is 6.86. The van der Waals surface area contributed by atoms with Crippen molar-refractivity contribution in [3.63, 3.8) is 0 Å². The van der Waals surface area contributed by atoms with Gasteiger partial charge in [0.1, 0.15) is 0 Å². The molecule has 2 rings (SSSR count). The normalized spacial score (nSPS) is 39.7. The zero-order valence-corrected chi connectivity index (χ0v) is 11.2. The average Bonchev–Trinajstić information content (AvgIpc) is 2.26. The molecule has 88 valence electrons. The molecule has 0 aromatic carbocycles. The lowest BCUT2D eigenvalue weighted by molar-refractivity contribution is 0.123. The van der Waals surface area contributed by atoms with Crippen LogP contribution in [0.2, 0.25) is 0 Å². The molecule has 0 radical (unpaired) electrons. The number of rotatable bonds is 0. The molecule has 0 N–H and O–H groups in total. The third-order valence-corrected chi connectivity index (χ3v) is 4.45. The van der Waals surface area contributed by atoms with Crippen LogP contribution >= 0.6 is 0 Å². The molecule has 0 nitrogen and oxygen atoms in total. The molecule has 15 heavy (non-hydrogen) atoms. The van der Waals surface area contributed by atoms with Crippen LogP contribution in [0.4, 0.5) is 0 Å². The quantitative estimate of drug-likeness (QED) is 0.489. The molecule has 0 heteroatoms. The highest BCUT2D eigenvalue weighted by Crippen LogP contribution is 2.44. The van der Waals surface area contributed by atoms with Crippen LogP contribution in [0.15, 0.2) is 11.6 Å². The van der Waals surface area contributed by atoms with Crippen LogP contribution < -0.4 is 0 Å². The van der Waals surface area contributed by atoms with Gasteiger partial charge >= 0.3 is 0 Å². The van der Waals surface area contributed by atoms with Crippen LogP contribution in [-0.2, 0) is 0 Å². The summed E-state index contributed by atoms with van der Waals surface area (Å²) < 4.78 is 0. The lowest BCUT2D eigenvalue weighted by Gasteiger charge is -2.42. The number of fused-ring (bicyclic) bond motifs is 1. The molecule has 0 heterocycles. The smallest absolute Gasteiger partial charge is 0.0200 e. The average molecular weight is 208 g/mol. The summed E-state index contributed by atoms with van der Waals surface area (Å²) in [7, 11) is 0. The Morgan fingerprint density at radius 3 is 2.40 bits per heavy atom. The van der Waals surface area contributed by atoms with Crippen LogP contribution in [-0.4, -0.2) is 0 Å². The molecule has 2 aliphatic carbocycles.